The molecule has 6 heteroatoms. The first-order valence-electron chi connectivity index (χ1n) is 4.96. The Balaban J connectivity index is 0.000000631. The van der Waals surface area contributed by atoms with Crippen molar-refractivity contribution in [1.82, 2.24) is 0 Å². The van der Waals surface area contributed by atoms with Gasteiger partial charge in [-0.25, -0.2) is 4.79 Å². The number of carbonyl (C=O) groups excluding carboxylic acids is 1. The second-order valence-electron chi connectivity index (χ2n) is 3.35. The van der Waals surface area contributed by atoms with Crippen molar-refractivity contribution in [2.45, 2.75) is 20.8 Å². The van der Waals surface area contributed by atoms with Crippen LogP contribution in [0.3, 0.4) is 0 Å². The first-order valence-corrected chi connectivity index (χ1v) is 4.96. The van der Waals surface area contributed by atoms with E-state index in [-0.39, 0.29) is 11.3 Å². The summed E-state index contributed by atoms with van der Waals surface area (Å²) in [5.41, 5.74) is 0.596. The Morgan fingerprint density at radius 1 is 1.11 bits per heavy atom. The number of aliphatic carboxylic acids is 1. The smallest absolute Gasteiger partial charge is 0.336 e. The first-order chi connectivity index (χ1) is 8.25. The van der Waals surface area contributed by atoms with Gasteiger partial charge in [-0.05, 0) is 19.1 Å². The average molecular weight is 254 g/mol. The number of carboxylic acids is 2. The van der Waals surface area contributed by atoms with Gasteiger partial charge in [0.25, 0.3) is 5.97 Å². The van der Waals surface area contributed by atoms with Gasteiger partial charge in [-0.15, -0.1) is 0 Å². The van der Waals surface area contributed by atoms with E-state index < -0.39 is 17.9 Å². The molecule has 0 aliphatic carbocycles. The van der Waals surface area contributed by atoms with Crippen molar-refractivity contribution < 1.29 is 29.3 Å². The fourth-order valence-electron chi connectivity index (χ4n) is 1.11. The fraction of sp³-hybridized carbons (Fsp3) is 0.250. The highest BCUT2D eigenvalue weighted by molar-refractivity contribution is 5.90. The zero-order valence-corrected chi connectivity index (χ0v) is 10.3. The van der Waals surface area contributed by atoms with Gasteiger partial charge >= 0.3 is 11.9 Å². The van der Waals surface area contributed by atoms with Crippen LogP contribution in [0, 0.1) is 6.92 Å². The number of ether oxygens (including phenoxy) is 1. The van der Waals surface area contributed by atoms with E-state index in [9.17, 15) is 9.59 Å². The minimum atomic E-state index is -1.03. The highest BCUT2D eigenvalue weighted by Crippen LogP contribution is 2.21. The summed E-state index contributed by atoms with van der Waals surface area (Å²) >= 11 is 0. The molecule has 1 aromatic carbocycles. The second kappa shape index (κ2) is 7.05. The van der Waals surface area contributed by atoms with E-state index >= 15 is 0 Å². The molecule has 0 aliphatic heterocycles. The van der Waals surface area contributed by atoms with Gasteiger partial charge in [-0.2, -0.15) is 0 Å². The number of hydrogen-bond acceptors (Lipinski definition) is 4. The van der Waals surface area contributed by atoms with Crippen molar-refractivity contribution in [2.75, 3.05) is 0 Å². The van der Waals surface area contributed by atoms with Crippen LogP contribution in [0.15, 0.2) is 18.2 Å². The molecule has 6 nitrogen and oxygen atoms in total. The van der Waals surface area contributed by atoms with Gasteiger partial charge in [0, 0.05) is 19.4 Å². The maximum Gasteiger partial charge on any atom is 0.336 e. The molecule has 0 spiro atoms. The van der Waals surface area contributed by atoms with Crippen molar-refractivity contribution in [1.29, 1.82) is 0 Å². The molecule has 18 heavy (non-hydrogen) atoms. The minimum absolute atomic E-state index is 0.142. The molecule has 2 N–H and O–H groups in total. The van der Waals surface area contributed by atoms with Gasteiger partial charge < -0.3 is 14.9 Å². The molecule has 0 saturated carbocycles. The van der Waals surface area contributed by atoms with Crippen LogP contribution in [-0.2, 0) is 9.59 Å². The molecule has 0 aliphatic rings. The Hall–Kier alpha value is -2.37. The van der Waals surface area contributed by atoms with Crippen molar-refractivity contribution in [3.05, 3.63) is 29.3 Å². The van der Waals surface area contributed by atoms with E-state index in [1.54, 1.807) is 13.0 Å². The lowest BCUT2D eigenvalue weighted by Gasteiger charge is -2.07. The molecule has 0 bridgehead atoms. The Bertz CT molecular complexity index is 460. The van der Waals surface area contributed by atoms with Gasteiger partial charge in [0.15, 0.2) is 0 Å². The molecule has 0 atom stereocenters. The zero-order valence-electron chi connectivity index (χ0n) is 10.3. The number of esters is 1. The molecule has 1 rings (SSSR count). The summed E-state index contributed by atoms with van der Waals surface area (Å²) in [5.74, 6) is -2.04. The van der Waals surface area contributed by atoms with E-state index in [1.165, 1.54) is 19.1 Å². The number of carboxylic acid groups (broad SMARTS) is 2. The molecule has 0 fully saturated rings. The van der Waals surface area contributed by atoms with Crippen LogP contribution >= 0.6 is 0 Å². The summed E-state index contributed by atoms with van der Waals surface area (Å²) in [4.78, 5) is 30.4. The van der Waals surface area contributed by atoms with Crippen LogP contribution in [0.25, 0.3) is 0 Å². The Kier molecular flexibility index (Phi) is 6.12. The van der Waals surface area contributed by atoms with Gasteiger partial charge in [0.1, 0.15) is 5.75 Å². The lowest BCUT2D eigenvalue weighted by Crippen LogP contribution is -2.06. The molecular formula is C12H14O6. The lowest BCUT2D eigenvalue weighted by molar-refractivity contribution is -0.134. The van der Waals surface area contributed by atoms with Gasteiger partial charge in [-0.3, -0.25) is 9.59 Å². The fourth-order valence-corrected chi connectivity index (χ4v) is 1.11. The van der Waals surface area contributed by atoms with Crippen LogP contribution in [0.5, 0.6) is 5.75 Å². The topological polar surface area (TPSA) is 101 Å². The summed E-state index contributed by atoms with van der Waals surface area (Å²) in [5, 5.41) is 16.2. The van der Waals surface area contributed by atoms with E-state index in [4.69, 9.17) is 19.7 Å². The van der Waals surface area contributed by atoms with Crippen LogP contribution in [0.1, 0.15) is 29.8 Å². The van der Waals surface area contributed by atoms with Gasteiger partial charge in [0.2, 0.25) is 0 Å². The number of carbonyl (C=O) groups is 3. The molecule has 0 radical (unpaired) electrons. The number of hydrogen-bond donors (Lipinski definition) is 2. The van der Waals surface area contributed by atoms with Crippen LogP contribution < -0.4 is 4.74 Å². The molecule has 0 saturated heterocycles. The summed E-state index contributed by atoms with van der Waals surface area (Å²) in [6.45, 7) is 3.95. The van der Waals surface area contributed by atoms with Crippen molar-refractivity contribution >= 4 is 17.9 Å². The van der Waals surface area contributed by atoms with E-state index in [2.05, 4.69) is 0 Å². The van der Waals surface area contributed by atoms with Crippen LogP contribution in [0.2, 0.25) is 0 Å². The maximum absolute atomic E-state index is 10.7. The summed E-state index contributed by atoms with van der Waals surface area (Å²) in [6, 6.07) is 4.56. The predicted octanol–water partition coefficient (Wildman–Crippen LogP) is 1.71. The number of rotatable bonds is 2. The van der Waals surface area contributed by atoms with E-state index in [1.807, 2.05) is 0 Å². The summed E-state index contributed by atoms with van der Waals surface area (Å²) < 4.78 is 4.83. The molecule has 0 heterocycles. The standard InChI is InChI=1S/C10H10O4.C2H4O2/c1-6-8(10(12)13)4-3-5-9(6)14-7(2)11;1-2(3)4/h3-5H,1-2H3,(H,12,13);1H3,(H,3,4). The highest BCUT2D eigenvalue weighted by Gasteiger charge is 2.11. The van der Waals surface area contributed by atoms with Crippen LogP contribution in [-0.4, -0.2) is 28.1 Å². The van der Waals surface area contributed by atoms with Crippen molar-refractivity contribution in [3.63, 3.8) is 0 Å². The first kappa shape index (κ1) is 15.6. The van der Waals surface area contributed by atoms with Gasteiger partial charge in [-0.1, -0.05) is 6.07 Å². The largest absolute Gasteiger partial charge is 0.481 e. The average Bonchev–Trinajstić information content (AvgIpc) is 2.19. The maximum atomic E-state index is 10.7. The molecule has 0 aromatic heterocycles. The van der Waals surface area contributed by atoms with Crippen molar-refractivity contribution in [3.8, 4) is 5.75 Å². The lowest BCUT2D eigenvalue weighted by atomic mass is 10.1. The Morgan fingerprint density at radius 2 is 1.61 bits per heavy atom. The minimum Gasteiger partial charge on any atom is -0.481 e. The third kappa shape index (κ3) is 5.64. The molecule has 98 valence electrons. The van der Waals surface area contributed by atoms with E-state index in [0.29, 0.717) is 5.56 Å². The number of aromatic carboxylic acids is 1. The predicted molar refractivity (Wildman–Crippen MR) is 62.8 cm³/mol. The Labute approximate surface area is 104 Å². The third-order valence-corrected chi connectivity index (χ3v) is 1.77. The quantitative estimate of drug-likeness (QED) is 0.615. The van der Waals surface area contributed by atoms with E-state index in [0.717, 1.165) is 6.92 Å². The molecule has 1 aromatic rings. The molecule has 0 unspecified atom stereocenters. The zero-order chi connectivity index (χ0) is 14.3. The van der Waals surface area contributed by atoms with Gasteiger partial charge in [0.05, 0.1) is 5.56 Å². The third-order valence-electron chi connectivity index (χ3n) is 1.77. The van der Waals surface area contributed by atoms with Crippen LogP contribution in [0.4, 0.5) is 0 Å². The highest BCUT2D eigenvalue weighted by atomic mass is 16.5. The molecular weight excluding hydrogens is 240 g/mol. The monoisotopic (exact) mass is 254 g/mol. The normalized spacial score (nSPS) is 8.83. The molecule has 0 amide bonds. The second-order valence-corrected chi connectivity index (χ2v) is 3.35. The Morgan fingerprint density at radius 3 is 2.00 bits per heavy atom. The van der Waals surface area contributed by atoms with Crippen molar-refractivity contribution in [2.24, 2.45) is 0 Å². The SMILES string of the molecule is CC(=O)O.CC(=O)Oc1cccc(C(=O)O)c1C. The summed E-state index contributed by atoms with van der Waals surface area (Å²) in [6.07, 6.45) is 0. The number of benzene rings is 1. The summed E-state index contributed by atoms with van der Waals surface area (Å²) in [7, 11) is 0.